The van der Waals surface area contributed by atoms with Gasteiger partial charge in [-0.15, -0.1) is 0 Å². The normalized spacial score (nSPS) is 20.7. The van der Waals surface area contributed by atoms with Gasteiger partial charge in [-0.05, 0) is 67.7 Å². The van der Waals surface area contributed by atoms with Crippen LogP contribution in [0.2, 0.25) is 0 Å². The Morgan fingerprint density at radius 3 is 2.26 bits per heavy atom. The number of carbonyl (C=O) groups excluding carboxylic acids is 2. The minimum absolute atomic E-state index is 0.0849. The Morgan fingerprint density at radius 2 is 1.68 bits per heavy atom. The number of benzene rings is 1. The van der Waals surface area contributed by atoms with Crippen molar-refractivity contribution in [3.63, 3.8) is 0 Å². The second-order valence-electron chi connectivity index (χ2n) is 10.6. The summed E-state index contributed by atoms with van der Waals surface area (Å²) in [6.07, 6.45) is 3.35. The predicted octanol–water partition coefficient (Wildman–Crippen LogP) is 3.57. The zero-order valence-electron chi connectivity index (χ0n) is 21.6. The molecule has 2 heterocycles. The largest absolute Gasteiger partial charge is 0.497 e. The second kappa shape index (κ2) is 12.4. The fourth-order valence-electron chi connectivity index (χ4n) is 4.95. The van der Waals surface area contributed by atoms with E-state index in [1.54, 1.807) is 7.11 Å². The van der Waals surface area contributed by atoms with Gasteiger partial charge in [0.1, 0.15) is 17.5 Å². The van der Waals surface area contributed by atoms with Crippen LogP contribution in [0.1, 0.15) is 53.4 Å². The van der Waals surface area contributed by atoms with Crippen LogP contribution in [0.25, 0.3) is 0 Å². The molecule has 0 aliphatic carbocycles. The number of piperazine rings is 1. The Bertz CT molecular complexity index is 788. The van der Waals surface area contributed by atoms with Gasteiger partial charge in [-0.1, -0.05) is 27.7 Å². The van der Waals surface area contributed by atoms with Crippen LogP contribution in [0, 0.1) is 17.8 Å². The lowest BCUT2D eigenvalue weighted by Gasteiger charge is -2.42. The standard InChI is InChI=1S/C27H43N3O4/c1-19(2)16-24-26(31)30(15-12-28-24)25(17-20(3)4)27(32)29-13-10-21(11-14-29)18-34-23-8-6-22(33-5)7-9-23/h6-9,19-21,24-25,28H,10-18H2,1-5H3/t24-,25?/m0/s1. The first-order chi connectivity index (χ1) is 16.3. The highest BCUT2D eigenvalue weighted by Gasteiger charge is 2.39. The van der Waals surface area contributed by atoms with E-state index in [0.717, 1.165) is 50.4 Å². The number of ether oxygens (including phenoxy) is 2. The predicted molar refractivity (Wildman–Crippen MR) is 134 cm³/mol. The molecule has 2 aliphatic heterocycles. The smallest absolute Gasteiger partial charge is 0.245 e. The molecule has 3 rings (SSSR count). The third-order valence-electron chi connectivity index (χ3n) is 6.86. The average Bonchev–Trinajstić information content (AvgIpc) is 2.82. The number of hydrogen-bond donors (Lipinski definition) is 1. The molecule has 1 aromatic carbocycles. The van der Waals surface area contributed by atoms with Crippen LogP contribution in [-0.4, -0.2) is 73.6 Å². The Hall–Kier alpha value is -2.28. The lowest BCUT2D eigenvalue weighted by Crippen LogP contribution is -2.62. The van der Waals surface area contributed by atoms with Crippen molar-refractivity contribution < 1.29 is 19.1 Å². The number of hydrogen-bond acceptors (Lipinski definition) is 5. The van der Waals surface area contributed by atoms with Gasteiger partial charge in [-0.3, -0.25) is 9.59 Å². The number of amides is 2. The maximum absolute atomic E-state index is 13.6. The Kier molecular flexibility index (Phi) is 9.63. The Balaban J connectivity index is 1.56. The highest BCUT2D eigenvalue weighted by Crippen LogP contribution is 2.25. The summed E-state index contributed by atoms with van der Waals surface area (Å²) in [4.78, 5) is 30.7. The molecular weight excluding hydrogens is 430 g/mol. The molecule has 7 nitrogen and oxygen atoms in total. The molecule has 7 heteroatoms. The van der Waals surface area contributed by atoms with Crippen molar-refractivity contribution in [2.75, 3.05) is 39.9 Å². The number of nitrogens with one attached hydrogen (secondary N) is 1. The van der Waals surface area contributed by atoms with E-state index in [1.165, 1.54) is 0 Å². The minimum atomic E-state index is -0.364. The first-order valence-electron chi connectivity index (χ1n) is 12.9. The molecule has 1 N–H and O–H groups in total. The van der Waals surface area contributed by atoms with Crippen LogP contribution in [0.5, 0.6) is 11.5 Å². The molecule has 2 atom stereocenters. The summed E-state index contributed by atoms with van der Waals surface area (Å²) in [5.41, 5.74) is 0. The van der Waals surface area contributed by atoms with Gasteiger partial charge in [0.15, 0.2) is 0 Å². The van der Waals surface area contributed by atoms with Crippen LogP contribution in [-0.2, 0) is 9.59 Å². The Morgan fingerprint density at radius 1 is 1.03 bits per heavy atom. The SMILES string of the molecule is COc1ccc(OCC2CCN(C(=O)C(CC(C)C)N3CCN[C@@H](CC(C)C)C3=O)CC2)cc1. The Labute approximate surface area is 205 Å². The number of likely N-dealkylation sites (tertiary alicyclic amines) is 1. The summed E-state index contributed by atoms with van der Waals surface area (Å²) < 4.78 is 11.2. The van der Waals surface area contributed by atoms with E-state index in [9.17, 15) is 9.59 Å². The fourth-order valence-corrected chi connectivity index (χ4v) is 4.95. The number of methoxy groups -OCH3 is 1. The highest BCUT2D eigenvalue weighted by molar-refractivity contribution is 5.90. The zero-order chi connectivity index (χ0) is 24.7. The van der Waals surface area contributed by atoms with E-state index >= 15 is 0 Å². The summed E-state index contributed by atoms with van der Waals surface area (Å²) >= 11 is 0. The molecule has 2 fully saturated rings. The van der Waals surface area contributed by atoms with E-state index < -0.39 is 0 Å². The molecule has 34 heavy (non-hydrogen) atoms. The van der Waals surface area contributed by atoms with Gasteiger partial charge < -0.3 is 24.6 Å². The third-order valence-corrected chi connectivity index (χ3v) is 6.86. The lowest BCUT2D eigenvalue weighted by molar-refractivity contribution is -0.150. The first kappa shape index (κ1) is 26.3. The molecule has 0 radical (unpaired) electrons. The van der Waals surface area contributed by atoms with Crippen molar-refractivity contribution in [1.29, 1.82) is 0 Å². The molecule has 2 aliphatic rings. The van der Waals surface area contributed by atoms with Crippen LogP contribution in [0.3, 0.4) is 0 Å². The molecular formula is C27H43N3O4. The molecule has 0 aromatic heterocycles. The molecule has 1 aromatic rings. The minimum Gasteiger partial charge on any atom is -0.497 e. The number of rotatable bonds is 10. The topological polar surface area (TPSA) is 71.1 Å². The third kappa shape index (κ3) is 7.11. The van der Waals surface area contributed by atoms with Gasteiger partial charge >= 0.3 is 0 Å². The summed E-state index contributed by atoms with van der Waals surface area (Å²) in [5.74, 6) is 3.04. The van der Waals surface area contributed by atoms with Crippen molar-refractivity contribution in [2.24, 2.45) is 17.8 Å². The van der Waals surface area contributed by atoms with E-state index in [2.05, 4.69) is 33.0 Å². The molecule has 1 unspecified atom stereocenters. The highest BCUT2D eigenvalue weighted by atomic mass is 16.5. The van der Waals surface area contributed by atoms with Gasteiger partial charge in [-0.25, -0.2) is 0 Å². The number of piperidine rings is 1. The zero-order valence-corrected chi connectivity index (χ0v) is 21.6. The van der Waals surface area contributed by atoms with Crippen molar-refractivity contribution in [3.05, 3.63) is 24.3 Å². The molecule has 190 valence electrons. The summed E-state index contributed by atoms with van der Waals surface area (Å²) in [6, 6.07) is 7.09. The van der Waals surface area contributed by atoms with Crippen molar-refractivity contribution >= 4 is 11.8 Å². The van der Waals surface area contributed by atoms with Gasteiger partial charge in [0.05, 0.1) is 19.8 Å². The van der Waals surface area contributed by atoms with Crippen molar-refractivity contribution in [3.8, 4) is 11.5 Å². The van der Waals surface area contributed by atoms with Crippen LogP contribution >= 0.6 is 0 Å². The summed E-state index contributed by atoms with van der Waals surface area (Å²) in [6.45, 7) is 12.0. The number of carbonyl (C=O) groups is 2. The first-order valence-corrected chi connectivity index (χ1v) is 12.9. The number of nitrogens with zero attached hydrogens (tertiary/aromatic N) is 2. The van der Waals surface area contributed by atoms with E-state index in [-0.39, 0.29) is 23.9 Å². The molecule has 2 saturated heterocycles. The van der Waals surface area contributed by atoms with Gasteiger partial charge in [-0.2, -0.15) is 0 Å². The maximum Gasteiger partial charge on any atom is 0.245 e. The van der Waals surface area contributed by atoms with Crippen LogP contribution in [0.15, 0.2) is 24.3 Å². The van der Waals surface area contributed by atoms with E-state index in [1.807, 2.05) is 34.1 Å². The van der Waals surface area contributed by atoms with E-state index in [4.69, 9.17) is 9.47 Å². The van der Waals surface area contributed by atoms with Gasteiger partial charge in [0.2, 0.25) is 11.8 Å². The van der Waals surface area contributed by atoms with Gasteiger partial charge in [0, 0.05) is 26.2 Å². The molecule has 0 saturated carbocycles. The summed E-state index contributed by atoms with van der Waals surface area (Å²) in [5, 5.41) is 3.36. The second-order valence-corrected chi connectivity index (χ2v) is 10.6. The molecule has 0 spiro atoms. The lowest BCUT2D eigenvalue weighted by atomic mass is 9.94. The van der Waals surface area contributed by atoms with Crippen molar-refractivity contribution in [1.82, 2.24) is 15.1 Å². The monoisotopic (exact) mass is 473 g/mol. The van der Waals surface area contributed by atoms with Gasteiger partial charge in [0.25, 0.3) is 0 Å². The molecule has 2 amide bonds. The fraction of sp³-hybridized carbons (Fsp3) is 0.704. The summed E-state index contributed by atoms with van der Waals surface area (Å²) in [7, 11) is 1.65. The average molecular weight is 474 g/mol. The van der Waals surface area contributed by atoms with Crippen molar-refractivity contribution in [2.45, 2.75) is 65.5 Å². The quantitative estimate of drug-likeness (QED) is 0.563. The maximum atomic E-state index is 13.6. The van der Waals surface area contributed by atoms with Crippen LogP contribution in [0.4, 0.5) is 0 Å². The van der Waals surface area contributed by atoms with E-state index in [0.29, 0.717) is 37.3 Å². The molecule has 0 bridgehead atoms. The van der Waals surface area contributed by atoms with Crippen LogP contribution < -0.4 is 14.8 Å².